The highest BCUT2D eigenvalue weighted by Crippen LogP contribution is 2.28. The minimum absolute atomic E-state index is 0.0347. The smallest absolute Gasteiger partial charge is 0.412 e. The number of halogens is 2. The summed E-state index contributed by atoms with van der Waals surface area (Å²) in [7, 11) is 0. The lowest BCUT2D eigenvalue weighted by Crippen LogP contribution is -2.20. The number of carbonyl (C=O) groups excluding carboxylic acids is 2. The van der Waals surface area contributed by atoms with E-state index < -0.39 is 29.6 Å². The third-order valence-electron chi connectivity index (χ3n) is 3.84. The van der Waals surface area contributed by atoms with Crippen molar-refractivity contribution in [2.24, 2.45) is 0 Å². The van der Waals surface area contributed by atoms with Gasteiger partial charge in [-0.3, -0.25) is 15.1 Å². The van der Waals surface area contributed by atoms with Crippen LogP contribution in [0.3, 0.4) is 0 Å². The van der Waals surface area contributed by atoms with Crippen LogP contribution in [0.1, 0.15) is 27.7 Å². The summed E-state index contributed by atoms with van der Waals surface area (Å²) in [5.41, 5.74) is 0.720. The van der Waals surface area contributed by atoms with Crippen molar-refractivity contribution in [3.63, 3.8) is 0 Å². The highest BCUT2D eigenvalue weighted by molar-refractivity contribution is 6.04. The van der Waals surface area contributed by atoms with Crippen LogP contribution < -0.4 is 5.32 Å². The summed E-state index contributed by atoms with van der Waals surface area (Å²) in [5, 5.41) is 2.42. The van der Waals surface area contributed by atoms with E-state index in [0.29, 0.717) is 11.1 Å². The fourth-order valence-corrected chi connectivity index (χ4v) is 2.64. The first kappa shape index (κ1) is 19.2. The molecule has 0 atom stereocenters. The molecule has 0 aliphatic heterocycles. The third kappa shape index (κ3) is 4.56. The number of hydrogen-bond acceptors (Lipinski definition) is 4. The van der Waals surface area contributed by atoms with Crippen molar-refractivity contribution < 1.29 is 23.1 Å². The van der Waals surface area contributed by atoms with Gasteiger partial charge in [-0.25, -0.2) is 13.6 Å². The van der Waals surface area contributed by atoms with Crippen molar-refractivity contribution in [3.05, 3.63) is 102 Å². The van der Waals surface area contributed by atoms with E-state index in [9.17, 15) is 18.4 Å². The van der Waals surface area contributed by atoms with Gasteiger partial charge in [0.1, 0.15) is 17.3 Å². The lowest BCUT2D eigenvalue weighted by molar-refractivity contribution is 0.104. The zero-order valence-corrected chi connectivity index (χ0v) is 14.6. The molecule has 2 aromatic carbocycles. The number of hydrogen-bond donors (Lipinski definition) is 1. The van der Waals surface area contributed by atoms with Gasteiger partial charge in [0, 0.05) is 13.1 Å². The van der Waals surface area contributed by atoms with Crippen LogP contribution >= 0.6 is 0 Å². The molecule has 0 aliphatic carbocycles. The molecule has 0 aliphatic rings. The monoisotopic (exact) mass is 381 g/mol. The highest BCUT2D eigenvalue weighted by atomic mass is 19.1. The van der Waals surface area contributed by atoms with E-state index in [1.807, 2.05) is 0 Å². The molecule has 1 radical (unpaired) electrons. The summed E-state index contributed by atoms with van der Waals surface area (Å²) in [5.74, 6) is -1.64. The predicted octanol–water partition coefficient (Wildman–Crippen LogP) is 4.71. The first-order valence-electron chi connectivity index (χ1n) is 8.24. The molecule has 3 rings (SSSR count). The van der Waals surface area contributed by atoms with Crippen LogP contribution in [0.15, 0.2) is 66.9 Å². The second-order valence-corrected chi connectivity index (χ2v) is 5.84. The Morgan fingerprint density at radius 2 is 1.57 bits per heavy atom. The molecular formula is C21H15F2N2O3. The molecular weight excluding hydrogens is 366 g/mol. The SMILES string of the molecule is [CH2]C(=O)c1ncccc1NC(=O)OC(c1cccc(F)c1)c1cccc(F)c1. The highest BCUT2D eigenvalue weighted by Gasteiger charge is 2.21. The molecule has 0 spiro atoms. The van der Waals surface area contributed by atoms with Crippen LogP contribution in [0.25, 0.3) is 0 Å². The number of benzene rings is 2. The van der Waals surface area contributed by atoms with Crippen LogP contribution in [-0.4, -0.2) is 16.9 Å². The van der Waals surface area contributed by atoms with E-state index in [2.05, 4.69) is 17.2 Å². The van der Waals surface area contributed by atoms with Gasteiger partial charge < -0.3 is 4.74 Å². The number of nitrogens with one attached hydrogen (secondary N) is 1. The predicted molar refractivity (Wildman–Crippen MR) is 98.7 cm³/mol. The van der Waals surface area contributed by atoms with E-state index in [0.717, 1.165) is 0 Å². The molecule has 1 N–H and O–H groups in total. The number of anilines is 1. The lowest BCUT2D eigenvalue weighted by Gasteiger charge is -2.19. The van der Waals surface area contributed by atoms with Crippen LogP contribution in [-0.2, 0) is 4.74 Å². The van der Waals surface area contributed by atoms with E-state index in [1.54, 1.807) is 12.1 Å². The Morgan fingerprint density at radius 1 is 0.964 bits per heavy atom. The normalized spacial score (nSPS) is 10.6. The molecule has 28 heavy (non-hydrogen) atoms. The topological polar surface area (TPSA) is 68.3 Å². The Morgan fingerprint density at radius 3 is 2.11 bits per heavy atom. The molecule has 1 heterocycles. The maximum Gasteiger partial charge on any atom is 0.412 e. The molecule has 0 fully saturated rings. The molecule has 5 nitrogen and oxygen atoms in total. The van der Waals surface area contributed by atoms with Gasteiger partial charge in [0.2, 0.25) is 0 Å². The van der Waals surface area contributed by atoms with Crippen molar-refractivity contribution in [1.29, 1.82) is 0 Å². The second kappa shape index (κ2) is 8.39. The van der Waals surface area contributed by atoms with Crippen LogP contribution in [0.2, 0.25) is 0 Å². The number of rotatable bonds is 5. The van der Waals surface area contributed by atoms with Crippen LogP contribution in [0.5, 0.6) is 0 Å². The minimum atomic E-state index is -1.07. The van der Waals surface area contributed by atoms with Gasteiger partial charge in [0.05, 0.1) is 5.69 Å². The molecule has 0 saturated carbocycles. The molecule has 0 saturated heterocycles. The number of ketones is 1. The number of carbonyl (C=O) groups is 2. The summed E-state index contributed by atoms with van der Waals surface area (Å²) in [6, 6.07) is 13.9. The Kier molecular flexibility index (Phi) is 5.74. The Balaban J connectivity index is 1.90. The van der Waals surface area contributed by atoms with E-state index in [-0.39, 0.29) is 11.4 Å². The number of amides is 1. The third-order valence-corrected chi connectivity index (χ3v) is 3.84. The van der Waals surface area contributed by atoms with Gasteiger partial charge in [-0.15, -0.1) is 0 Å². The molecule has 3 aromatic rings. The van der Waals surface area contributed by atoms with Crippen molar-refractivity contribution in [2.75, 3.05) is 5.32 Å². The summed E-state index contributed by atoms with van der Waals surface area (Å²) < 4.78 is 32.8. The zero-order chi connectivity index (χ0) is 20.1. The average molecular weight is 381 g/mol. The van der Waals surface area contributed by atoms with Gasteiger partial charge in [-0.1, -0.05) is 24.3 Å². The Hall–Kier alpha value is -3.61. The molecule has 1 aromatic heterocycles. The Bertz CT molecular complexity index is 978. The number of pyridine rings is 1. The average Bonchev–Trinajstić information content (AvgIpc) is 2.66. The van der Waals surface area contributed by atoms with E-state index >= 15 is 0 Å². The fourth-order valence-electron chi connectivity index (χ4n) is 2.64. The standard InChI is InChI=1S/C21H15F2N2O3/c1-13(26)19-18(9-4-10-24-19)25-21(27)28-20(14-5-2-7-16(22)11-14)15-6-3-8-17(23)12-15/h2-12,20H,1H2,(H,25,27). The van der Waals surface area contributed by atoms with E-state index in [1.165, 1.54) is 54.7 Å². The summed E-state index contributed by atoms with van der Waals surface area (Å²) in [4.78, 5) is 27.8. The second-order valence-electron chi connectivity index (χ2n) is 5.84. The summed E-state index contributed by atoms with van der Waals surface area (Å²) >= 11 is 0. The quantitative estimate of drug-likeness (QED) is 0.650. The van der Waals surface area contributed by atoms with Crippen molar-refractivity contribution >= 4 is 17.6 Å². The number of aromatic nitrogens is 1. The van der Waals surface area contributed by atoms with Gasteiger partial charge in [0.25, 0.3) is 0 Å². The number of Topliss-reactive ketones (excluding diaryl/α,β-unsaturated/α-hetero) is 1. The molecule has 0 bridgehead atoms. The maximum atomic E-state index is 13.7. The van der Waals surface area contributed by atoms with Crippen LogP contribution in [0, 0.1) is 18.6 Å². The first-order chi connectivity index (χ1) is 13.4. The lowest BCUT2D eigenvalue weighted by atomic mass is 10.0. The van der Waals surface area contributed by atoms with E-state index in [4.69, 9.17) is 4.74 Å². The molecule has 141 valence electrons. The molecule has 1 amide bonds. The fraction of sp³-hybridized carbons (Fsp3) is 0.0476. The first-order valence-corrected chi connectivity index (χ1v) is 8.24. The van der Waals surface area contributed by atoms with Gasteiger partial charge in [-0.05, 0) is 47.5 Å². The minimum Gasteiger partial charge on any atom is -0.436 e. The number of ether oxygens (including phenoxy) is 1. The van der Waals surface area contributed by atoms with Crippen LogP contribution in [0.4, 0.5) is 19.3 Å². The zero-order valence-electron chi connectivity index (χ0n) is 14.6. The largest absolute Gasteiger partial charge is 0.436 e. The maximum absolute atomic E-state index is 13.7. The van der Waals surface area contributed by atoms with Crippen molar-refractivity contribution in [2.45, 2.75) is 6.10 Å². The van der Waals surface area contributed by atoms with Crippen molar-refractivity contribution in [3.8, 4) is 0 Å². The van der Waals surface area contributed by atoms with Gasteiger partial charge >= 0.3 is 6.09 Å². The molecule has 0 unspecified atom stereocenters. The number of nitrogens with zero attached hydrogens (tertiary/aromatic N) is 1. The molecule has 7 heteroatoms. The summed E-state index contributed by atoms with van der Waals surface area (Å²) in [6.45, 7) is 3.28. The summed E-state index contributed by atoms with van der Waals surface area (Å²) in [6.07, 6.45) is -0.604. The van der Waals surface area contributed by atoms with Crippen molar-refractivity contribution in [1.82, 2.24) is 4.98 Å². The van der Waals surface area contributed by atoms with Gasteiger partial charge in [-0.2, -0.15) is 0 Å². The Labute approximate surface area is 160 Å². The van der Waals surface area contributed by atoms with Gasteiger partial charge in [0.15, 0.2) is 11.9 Å².